The van der Waals surface area contributed by atoms with Gasteiger partial charge in [-0.3, -0.25) is 0 Å². The minimum absolute atomic E-state index is 0.0225. The summed E-state index contributed by atoms with van der Waals surface area (Å²) < 4.78 is 1.80. The molecule has 108 valence electrons. The fourth-order valence-electron chi connectivity index (χ4n) is 2.35. The summed E-state index contributed by atoms with van der Waals surface area (Å²) in [4.78, 5) is 4.51. The van der Waals surface area contributed by atoms with Gasteiger partial charge in [0.1, 0.15) is 0 Å². The van der Waals surface area contributed by atoms with E-state index in [-0.39, 0.29) is 5.41 Å². The quantitative estimate of drug-likeness (QED) is 0.796. The minimum Gasteiger partial charge on any atom is -0.352 e. The molecule has 0 unspecified atom stereocenters. The van der Waals surface area contributed by atoms with Crippen molar-refractivity contribution < 1.29 is 0 Å². The minimum atomic E-state index is 0.0225. The summed E-state index contributed by atoms with van der Waals surface area (Å²) in [6, 6.07) is 14.6. The van der Waals surface area contributed by atoms with Crippen LogP contribution in [-0.4, -0.2) is 21.1 Å². The summed E-state index contributed by atoms with van der Waals surface area (Å²) in [5, 5.41) is 7.79. The van der Waals surface area contributed by atoms with E-state index in [1.54, 1.807) is 4.52 Å². The van der Waals surface area contributed by atoms with Crippen molar-refractivity contribution in [2.24, 2.45) is 0 Å². The third-order valence-electron chi connectivity index (χ3n) is 3.74. The number of hydrogen-bond donors (Lipinski definition) is 1. The topological polar surface area (TPSA) is 42.2 Å². The molecule has 0 fully saturated rings. The first-order valence-electron chi connectivity index (χ1n) is 7.17. The Labute approximate surface area is 124 Å². The fourth-order valence-corrected chi connectivity index (χ4v) is 2.35. The Bertz CT molecular complexity index is 744. The van der Waals surface area contributed by atoms with Crippen molar-refractivity contribution in [3.8, 4) is 0 Å². The second-order valence-corrected chi connectivity index (χ2v) is 6.05. The Morgan fingerprint density at radius 3 is 2.67 bits per heavy atom. The SMILES string of the molecule is Cc1ccn2nc(NCC(C)(C)c3ccccc3)nc2c1. The maximum absolute atomic E-state index is 4.51. The molecule has 2 heterocycles. The normalized spacial score (nSPS) is 11.8. The molecule has 4 heteroatoms. The van der Waals surface area contributed by atoms with E-state index in [1.165, 1.54) is 11.1 Å². The van der Waals surface area contributed by atoms with Crippen molar-refractivity contribution in [1.29, 1.82) is 0 Å². The van der Waals surface area contributed by atoms with Crippen LogP contribution in [0.5, 0.6) is 0 Å². The molecule has 0 atom stereocenters. The molecule has 3 rings (SSSR count). The molecule has 1 aromatic carbocycles. The third kappa shape index (κ3) is 2.89. The van der Waals surface area contributed by atoms with Crippen molar-refractivity contribution in [1.82, 2.24) is 14.6 Å². The number of anilines is 1. The largest absolute Gasteiger partial charge is 0.352 e. The summed E-state index contributed by atoms with van der Waals surface area (Å²) in [7, 11) is 0. The van der Waals surface area contributed by atoms with Crippen molar-refractivity contribution >= 4 is 11.6 Å². The molecule has 2 aromatic heterocycles. The lowest BCUT2D eigenvalue weighted by atomic mass is 9.85. The van der Waals surface area contributed by atoms with Crippen LogP contribution < -0.4 is 5.32 Å². The molecule has 0 spiro atoms. The van der Waals surface area contributed by atoms with Crippen LogP contribution in [0, 0.1) is 6.92 Å². The van der Waals surface area contributed by atoms with E-state index in [0.29, 0.717) is 5.95 Å². The van der Waals surface area contributed by atoms with Crippen molar-refractivity contribution in [3.05, 3.63) is 59.8 Å². The van der Waals surface area contributed by atoms with E-state index in [0.717, 1.165) is 12.2 Å². The summed E-state index contributed by atoms with van der Waals surface area (Å²) in [5.74, 6) is 0.671. The standard InChI is InChI=1S/C17H20N4/c1-13-9-10-21-15(11-13)19-16(20-21)18-12-17(2,3)14-7-5-4-6-8-14/h4-11H,12H2,1-3H3,(H,18,20). The summed E-state index contributed by atoms with van der Waals surface area (Å²) in [6.45, 7) is 7.28. The number of aromatic nitrogens is 3. The monoisotopic (exact) mass is 280 g/mol. The predicted molar refractivity (Wildman–Crippen MR) is 85.7 cm³/mol. The first-order chi connectivity index (χ1) is 10.0. The number of fused-ring (bicyclic) bond motifs is 1. The Hall–Kier alpha value is -2.36. The van der Waals surface area contributed by atoms with Crippen LogP contribution in [0.2, 0.25) is 0 Å². The maximum Gasteiger partial charge on any atom is 0.243 e. The van der Waals surface area contributed by atoms with Crippen molar-refractivity contribution in [3.63, 3.8) is 0 Å². The van der Waals surface area contributed by atoms with Crippen LogP contribution in [0.1, 0.15) is 25.0 Å². The molecular weight excluding hydrogens is 260 g/mol. The molecule has 0 saturated carbocycles. The molecule has 1 N–H and O–H groups in total. The molecule has 0 bridgehead atoms. The molecule has 0 saturated heterocycles. The van der Waals surface area contributed by atoms with E-state index in [1.807, 2.05) is 24.4 Å². The number of nitrogens with zero attached hydrogens (tertiary/aromatic N) is 3. The van der Waals surface area contributed by atoms with E-state index >= 15 is 0 Å². The highest BCUT2D eigenvalue weighted by atomic mass is 15.3. The Kier molecular flexibility index (Phi) is 3.37. The van der Waals surface area contributed by atoms with Crippen LogP contribution in [-0.2, 0) is 5.41 Å². The molecule has 21 heavy (non-hydrogen) atoms. The van der Waals surface area contributed by atoms with Crippen molar-refractivity contribution in [2.45, 2.75) is 26.2 Å². The predicted octanol–water partition coefficient (Wildman–Crippen LogP) is 3.43. The lowest BCUT2D eigenvalue weighted by molar-refractivity contribution is 0.555. The molecule has 0 aliphatic heterocycles. The second-order valence-electron chi connectivity index (χ2n) is 6.05. The number of hydrogen-bond acceptors (Lipinski definition) is 3. The number of nitrogens with one attached hydrogen (secondary N) is 1. The molecule has 0 aliphatic rings. The molecule has 3 aromatic rings. The highest BCUT2D eigenvalue weighted by molar-refractivity contribution is 5.45. The van der Waals surface area contributed by atoms with Crippen LogP contribution >= 0.6 is 0 Å². The summed E-state index contributed by atoms with van der Waals surface area (Å²) >= 11 is 0. The number of benzene rings is 1. The van der Waals surface area contributed by atoms with Gasteiger partial charge in [-0.25, -0.2) is 4.52 Å². The van der Waals surface area contributed by atoms with Crippen LogP contribution in [0.25, 0.3) is 5.65 Å². The highest BCUT2D eigenvalue weighted by Gasteiger charge is 2.20. The van der Waals surface area contributed by atoms with Crippen LogP contribution in [0.4, 0.5) is 5.95 Å². The lowest BCUT2D eigenvalue weighted by Crippen LogP contribution is -2.27. The van der Waals surface area contributed by atoms with Gasteiger partial charge in [-0.1, -0.05) is 44.2 Å². The smallest absolute Gasteiger partial charge is 0.243 e. The van der Waals surface area contributed by atoms with E-state index < -0.39 is 0 Å². The average molecular weight is 280 g/mol. The van der Waals surface area contributed by atoms with Gasteiger partial charge < -0.3 is 5.32 Å². The molecule has 0 amide bonds. The van der Waals surface area contributed by atoms with Gasteiger partial charge in [0.05, 0.1) is 0 Å². The van der Waals surface area contributed by atoms with Gasteiger partial charge in [-0.05, 0) is 30.2 Å². The van der Waals surface area contributed by atoms with Crippen LogP contribution in [0.3, 0.4) is 0 Å². The zero-order chi connectivity index (χ0) is 14.9. The van der Waals surface area contributed by atoms with Gasteiger partial charge in [-0.15, -0.1) is 5.10 Å². The maximum atomic E-state index is 4.51. The molecular formula is C17H20N4. The zero-order valence-corrected chi connectivity index (χ0v) is 12.7. The number of aryl methyl sites for hydroxylation is 1. The van der Waals surface area contributed by atoms with E-state index in [4.69, 9.17) is 0 Å². The fraction of sp³-hybridized carbons (Fsp3) is 0.294. The molecule has 0 radical (unpaired) electrons. The molecule has 0 aliphatic carbocycles. The zero-order valence-electron chi connectivity index (χ0n) is 12.7. The van der Waals surface area contributed by atoms with Gasteiger partial charge >= 0.3 is 0 Å². The van der Waals surface area contributed by atoms with Gasteiger partial charge in [0.25, 0.3) is 0 Å². The Morgan fingerprint density at radius 1 is 1.14 bits per heavy atom. The third-order valence-corrected chi connectivity index (χ3v) is 3.74. The Morgan fingerprint density at radius 2 is 1.90 bits per heavy atom. The van der Waals surface area contributed by atoms with Crippen molar-refractivity contribution in [2.75, 3.05) is 11.9 Å². The number of rotatable bonds is 4. The van der Waals surface area contributed by atoms with Crippen LogP contribution in [0.15, 0.2) is 48.7 Å². The van der Waals surface area contributed by atoms with E-state index in [2.05, 4.69) is 60.4 Å². The van der Waals surface area contributed by atoms with Gasteiger partial charge in [0, 0.05) is 18.2 Å². The highest BCUT2D eigenvalue weighted by Crippen LogP contribution is 2.23. The van der Waals surface area contributed by atoms with Gasteiger partial charge in [-0.2, -0.15) is 4.98 Å². The number of pyridine rings is 1. The lowest BCUT2D eigenvalue weighted by Gasteiger charge is -2.25. The first kappa shape index (κ1) is 13.6. The Balaban J connectivity index is 1.77. The summed E-state index contributed by atoms with van der Waals surface area (Å²) in [5.41, 5.74) is 3.38. The first-order valence-corrected chi connectivity index (χ1v) is 7.17. The van der Waals surface area contributed by atoms with E-state index in [9.17, 15) is 0 Å². The van der Waals surface area contributed by atoms with Gasteiger partial charge in [0.2, 0.25) is 5.95 Å². The second kappa shape index (κ2) is 5.20. The summed E-state index contributed by atoms with van der Waals surface area (Å²) in [6.07, 6.45) is 1.94. The van der Waals surface area contributed by atoms with Gasteiger partial charge in [0.15, 0.2) is 5.65 Å². The molecule has 4 nitrogen and oxygen atoms in total. The average Bonchev–Trinajstić information content (AvgIpc) is 2.88.